The maximum absolute atomic E-state index is 12.8. The first-order valence-electron chi connectivity index (χ1n) is 9.53. The molecule has 0 radical (unpaired) electrons. The minimum absolute atomic E-state index is 0.0907. The molecule has 0 unspecified atom stereocenters. The van der Waals surface area contributed by atoms with Crippen molar-refractivity contribution in [3.05, 3.63) is 98.9 Å². The van der Waals surface area contributed by atoms with E-state index in [1.54, 1.807) is 12.1 Å². The molecule has 0 saturated carbocycles. The number of rotatable bonds is 6. The van der Waals surface area contributed by atoms with Crippen molar-refractivity contribution >= 4 is 52.2 Å². The van der Waals surface area contributed by atoms with Gasteiger partial charge >= 0.3 is 0 Å². The van der Waals surface area contributed by atoms with Gasteiger partial charge in [0.25, 0.3) is 11.6 Å². The third-order valence-electron chi connectivity index (χ3n) is 4.44. The summed E-state index contributed by atoms with van der Waals surface area (Å²) in [5, 5.41) is 25.9. The number of hydrogen-bond acceptors (Lipinski definition) is 8. The van der Waals surface area contributed by atoms with Gasteiger partial charge in [0.2, 0.25) is 0 Å². The Labute approximate surface area is 198 Å². The number of hydrazone groups is 1. The van der Waals surface area contributed by atoms with Gasteiger partial charge in [-0.1, -0.05) is 42.1 Å². The first kappa shape index (κ1) is 22.2. The fourth-order valence-corrected chi connectivity index (χ4v) is 4.05. The van der Waals surface area contributed by atoms with Gasteiger partial charge in [-0.05, 0) is 54.2 Å². The fourth-order valence-electron chi connectivity index (χ4n) is 2.88. The predicted octanol–water partition coefficient (Wildman–Crippen LogP) is 5.33. The molecule has 0 aliphatic carbocycles. The Hall–Kier alpha value is -4.02. The van der Waals surface area contributed by atoms with E-state index in [2.05, 4.69) is 5.10 Å². The molecule has 1 fully saturated rings. The van der Waals surface area contributed by atoms with Crippen LogP contribution in [0.2, 0.25) is 0 Å². The van der Waals surface area contributed by atoms with Crippen molar-refractivity contribution in [3.8, 4) is 17.2 Å². The molecule has 33 heavy (non-hydrogen) atoms. The molecule has 4 rings (SSSR count). The quantitative estimate of drug-likeness (QED) is 0.168. The van der Waals surface area contributed by atoms with Crippen LogP contribution >= 0.6 is 24.0 Å². The highest BCUT2D eigenvalue weighted by molar-refractivity contribution is 8.26. The van der Waals surface area contributed by atoms with Crippen LogP contribution in [0.5, 0.6) is 17.2 Å². The number of aromatic hydroxyl groups is 1. The largest absolute Gasteiger partial charge is 0.507 e. The number of carbonyl (C=O) groups is 1. The van der Waals surface area contributed by atoms with Gasteiger partial charge in [-0.2, -0.15) is 10.1 Å². The molecule has 0 spiro atoms. The van der Waals surface area contributed by atoms with E-state index >= 15 is 0 Å². The molecule has 1 aliphatic heterocycles. The summed E-state index contributed by atoms with van der Waals surface area (Å²) in [7, 11) is 0. The molecule has 3 aromatic carbocycles. The average Bonchev–Trinajstić information content (AvgIpc) is 3.06. The van der Waals surface area contributed by atoms with E-state index in [1.807, 2.05) is 48.5 Å². The maximum atomic E-state index is 12.8. The standard InChI is InChI=1S/C23H15N3O5S2/c27-20-10-9-17(26(29)30)13-16(20)14-24-25-22(28)21(33-23(25)32)12-15-5-4-8-19(11-15)31-18-6-2-1-3-7-18/h1-14,27H/b21-12?,24-14+. The molecular weight excluding hydrogens is 462 g/mol. The van der Waals surface area contributed by atoms with E-state index in [0.29, 0.717) is 16.4 Å². The Morgan fingerprint density at radius 3 is 2.58 bits per heavy atom. The van der Waals surface area contributed by atoms with E-state index in [1.165, 1.54) is 12.1 Å². The highest BCUT2D eigenvalue weighted by Crippen LogP contribution is 2.34. The molecule has 1 saturated heterocycles. The number of nitro benzene ring substituents is 1. The molecule has 3 aromatic rings. The Kier molecular flexibility index (Phi) is 6.48. The number of benzene rings is 3. The van der Waals surface area contributed by atoms with Gasteiger partial charge < -0.3 is 9.84 Å². The van der Waals surface area contributed by atoms with E-state index in [9.17, 15) is 20.0 Å². The Morgan fingerprint density at radius 1 is 1.06 bits per heavy atom. The number of nitrogens with zero attached hydrogens (tertiary/aromatic N) is 3. The normalized spacial score (nSPS) is 14.9. The molecule has 0 atom stereocenters. The van der Waals surface area contributed by atoms with Gasteiger partial charge in [-0.15, -0.1) is 0 Å². The second kappa shape index (κ2) is 9.63. The van der Waals surface area contributed by atoms with Crippen molar-refractivity contribution in [3.63, 3.8) is 0 Å². The summed E-state index contributed by atoms with van der Waals surface area (Å²) in [6, 6.07) is 20.1. The smallest absolute Gasteiger partial charge is 0.286 e. The number of para-hydroxylation sites is 1. The molecule has 1 heterocycles. The van der Waals surface area contributed by atoms with Crippen LogP contribution in [0.25, 0.3) is 6.08 Å². The zero-order valence-corrected chi connectivity index (χ0v) is 18.5. The Morgan fingerprint density at radius 2 is 1.82 bits per heavy atom. The minimum atomic E-state index is -0.589. The second-order valence-electron chi connectivity index (χ2n) is 6.73. The number of phenols is 1. The predicted molar refractivity (Wildman–Crippen MR) is 130 cm³/mol. The summed E-state index contributed by atoms with van der Waals surface area (Å²) >= 11 is 6.33. The highest BCUT2D eigenvalue weighted by Gasteiger charge is 2.32. The van der Waals surface area contributed by atoms with Crippen molar-refractivity contribution in [2.24, 2.45) is 5.10 Å². The number of non-ortho nitro benzene ring substituents is 1. The van der Waals surface area contributed by atoms with Crippen LogP contribution in [-0.4, -0.2) is 31.5 Å². The van der Waals surface area contributed by atoms with Crippen LogP contribution in [0.3, 0.4) is 0 Å². The van der Waals surface area contributed by atoms with Gasteiger partial charge in [0, 0.05) is 17.7 Å². The average molecular weight is 478 g/mol. The van der Waals surface area contributed by atoms with E-state index in [-0.39, 0.29) is 21.3 Å². The Bertz CT molecular complexity index is 1310. The van der Waals surface area contributed by atoms with Crippen LogP contribution in [0.4, 0.5) is 5.69 Å². The lowest BCUT2D eigenvalue weighted by Gasteiger charge is -2.07. The highest BCUT2D eigenvalue weighted by atomic mass is 32.2. The third kappa shape index (κ3) is 5.25. The van der Waals surface area contributed by atoms with Crippen molar-refractivity contribution in [2.45, 2.75) is 0 Å². The molecule has 10 heteroatoms. The van der Waals surface area contributed by atoms with Crippen molar-refractivity contribution < 1.29 is 19.6 Å². The van der Waals surface area contributed by atoms with E-state index < -0.39 is 10.8 Å². The number of carbonyl (C=O) groups excluding carboxylic acids is 1. The molecule has 1 N–H and O–H groups in total. The van der Waals surface area contributed by atoms with Crippen LogP contribution < -0.4 is 4.74 Å². The Balaban J connectivity index is 1.53. The lowest BCUT2D eigenvalue weighted by atomic mass is 10.2. The first-order chi connectivity index (χ1) is 15.9. The number of hydrogen-bond donors (Lipinski definition) is 1. The molecule has 8 nitrogen and oxygen atoms in total. The van der Waals surface area contributed by atoms with Crippen LogP contribution in [0, 0.1) is 10.1 Å². The molecule has 1 amide bonds. The SMILES string of the molecule is O=C1C(=Cc2cccc(Oc3ccccc3)c2)SC(=S)N1/N=C/c1cc([N+](=O)[O-])ccc1O. The number of phenolic OH excluding ortho intramolecular Hbond substituents is 1. The molecule has 0 bridgehead atoms. The summed E-state index contributed by atoms with van der Waals surface area (Å²) in [6.07, 6.45) is 2.84. The summed E-state index contributed by atoms with van der Waals surface area (Å²) in [5.74, 6) is 0.658. The number of ether oxygens (including phenoxy) is 1. The van der Waals surface area contributed by atoms with Gasteiger partial charge in [-0.25, -0.2) is 0 Å². The van der Waals surface area contributed by atoms with Crippen LogP contribution in [-0.2, 0) is 4.79 Å². The molecule has 164 valence electrons. The molecular formula is C23H15N3O5S2. The number of amides is 1. The number of thioether (sulfide) groups is 1. The van der Waals surface area contributed by atoms with Crippen molar-refractivity contribution in [1.29, 1.82) is 0 Å². The summed E-state index contributed by atoms with van der Waals surface area (Å²) in [4.78, 5) is 23.5. The first-order valence-corrected chi connectivity index (χ1v) is 10.8. The van der Waals surface area contributed by atoms with E-state index in [0.717, 1.165) is 34.6 Å². The zero-order valence-electron chi connectivity index (χ0n) is 16.8. The topological polar surface area (TPSA) is 105 Å². The summed E-state index contributed by atoms with van der Waals surface area (Å²) in [5.41, 5.74) is 0.620. The lowest BCUT2D eigenvalue weighted by Crippen LogP contribution is -2.22. The lowest BCUT2D eigenvalue weighted by molar-refractivity contribution is -0.384. The van der Waals surface area contributed by atoms with Crippen LogP contribution in [0.15, 0.2) is 82.8 Å². The fraction of sp³-hybridized carbons (Fsp3) is 0. The minimum Gasteiger partial charge on any atom is -0.507 e. The van der Waals surface area contributed by atoms with Crippen molar-refractivity contribution in [1.82, 2.24) is 5.01 Å². The third-order valence-corrected chi connectivity index (χ3v) is 5.73. The van der Waals surface area contributed by atoms with Crippen molar-refractivity contribution in [2.75, 3.05) is 0 Å². The summed E-state index contributed by atoms with van der Waals surface area (Å²) < 4.78 is 6.02. The van der Waals surface area contributed by atoms with Gasteiger partial charge in [0.15, 0.2) is 4.32 Å². The number of nitro groups is 1. The second-order valence-corrected chi connectivity index (χ2v) is 8.40. The van der Waals surface area contributed by atoms with Gasteiger partial charge in [0.1, 0.15) is 17.2 Å². The van der Waals surface area contributed by atoms with Gasteiger partial charge in [0.05, 0.1) is 16.0 Å². The molecule has 0 aromatic heterocycles. The summed E-state index contributed by atoms with van der Waals surface area (Å²) in [6.45, 7) is 0. The maximum Gasteiger partial charge on any atom is 0.286 e. The van der Waals surface area contributed by atoms with E-state index in [4.69, 9.17) is 17.0 Å². The number of thiocarbonyl (C=S) groups is 1. The monoisotopic (exact) mass is 477 g/mol. The zero-order chi connectivity index (χ0) is 23.4. The van der Waals surface area contributed by atoms with Crippen LogP contribution in [0.1, 0.15) is 11.1 Å². The molecule has 1 aliphatic rings. The van der Waals surface area contributed by atoms with Gasteiger partial charge in [-0.3, -0.25) is 14.9 Å².